The van der Waals surface area contributed by atoms with Crippen molar-refractivity contribution in [1.29, 1.82) is 0 Å². The molecule has 0 aromatic carbocycles. The standard InChI is InChI=1S/C14H28O2/c1-4-6-7-8-9-10-11-12-14(15)16-13(3)5-2/h13H,4-12H2,1-3H3. The first-order chi connectivity index (χ1) is 7.70. The maximum absolute atomic E-state index is 11.3. The highest BCUT2D eigenvalue weighted by Crippen LogP contribution is 2.09. The molecule has 0 N–H and O–H groups in total. The van der Waals surface area contributed by atoms with Crippen molar-refractivity contribution in [3.63, 3.8) is 0 Å². The summed E-state index contributed by atoms with van der Waals surface area (Å²) in [6.07, 6.45) is 10.3. The minimum Gasteiger partial charge on any atom is -0.463 e. The van der Waals surface area contributed by atoms with E-state index in [0.717, 1.165) is 12.8 Å². The van der Waals surface area contributed by atoms with E-state index in [1.165, 1.54) is 38.5 Å². The minimum absolute atomic E-state index is 0.0251. The lowest BCUT2D eigenvalue weighted by Crippen LogP contribution is -2.13. The fraction of sp³-hybridized carbons (Fsp3) is 0.929. The molecule has 0 amide bonds. The van der Waals surface area contributed by atoms with Gasteiger partial charge in [-0.05, 0) is 19.8 Å². The third-order valence-corrected chi connectivity index (χ3v) is 2.89. The number of hydrogen-bond acceptors (Lipinski definition) is 2. The van der Waals surface area contributed by atoms with E-state index >= 15 is 0 Å². The third kappa shape index (κ3) is 10.0. The second kappa shape index (κ2) is 11.0. The van der Waals surface area contributed by atoms with Gasteiger partial charge in [0.15, 0.2) is 0 Å². The van der Waals surface area contributed by atoms with Gasteiger partial charge in [0, 0.05) is 6.42 Å². The van der Waals surface area contributed by atoms with Gasteiger partial charge in [0.2, 0.25) is 0 Å². The minimum atomic E-state index is -0.0251. The summed E-state index contributed by atoms with van der Waals surface area (Å²) in [6.45, 7) is 6.21. The second-order valence-electron chi connectivity index (χ2n) is 4.58. The Kier molecular flexibility index (Phi) is 10.6. The number of ether oxygens (including phenoxy) is 1. The van der Waals surface area contributed by atoms with Gasteiger partial charge in [-0.1, -0.05) is 52.4 Å². The fourth-order valence-electron chi connectivity index (χ4n) is 1.59. The lowest BCUT2D eigenvalue weighted by molar-refractivity contribution is -0.148. The Morgan fingerprint density at radius 3 is 2.12 bits per heavy atom. The van der Waals surface area contributed by atoms with Crippen molar-refractivity contribution >= 4 is 5.97 Å². The van der Waals surface area contributed by atoms with Crippen LogP contribution in [-0.4, -0.2) is 12.1 Å². The zero-order valence-electron chi connectivity index (χ0n) is 11.3. The lowest BCUT2D eigenvalue weighted by Gasteiger charge is -2.10. The van der Waals surface area contributed by atoms with E-state index in [1.54, 1.807) is 0 Å². The van der Waals surface area contributed by atoms with E-state index in [4.69, 9.17) is 4.74 Å². The molecule has 0 aromatic rings. The Hall–Kier alpha value is -0.530. The number of carbonyl (C=O) groups is 1. The Labute approximate surface area is 101 Å². The van der Waals surface area contributed by atoms with Crippen LogP contribution in [0, 0.1) is 0 Å². The normalized spacial score (nSPS) is 12.4. The number of unbranched alkanes of at least 4 members (excludes halogenated alkanes) is 6. The summed E-state index contributed by atoms with van der Waals surface area (Å²) in [4.78, 5) is 11.3. The van der Waals surface area contributed by atoms with Gasteiger partial charge in [-0.25, -0.2) is 0 Å². The quantitative estimate of drug-likeness (QED) is 0.407. The highest BCUT2D eigenvalue weighted by Gasteiger charge is 2.06. The average Bonchev–Trinajstić information content (AvgIpc) is 2.27. The molecule has 0 fully saturated rings. The molecule has 0 aliphatic heterocycles. The molecule has 0 radical (unpaired) electrons. The second-order valence-corrected chi connectivity index (χ2v) is 4.58. The first-order valence-electron chi connectivity index (χ1n) is 6.90. The van der Waals surface area contributed by atoms with E-state index in [1.807, 2.05) is 13.8 Å². The molecule has 0 aromatic heterocycles. The molecule has 0 rings (SSSR count). The molecule has 96 valence electrons. The van der Waals surface area contributed by atoms with Crippen molar-refractivity contribution in [2.75, 3.05) is 0 Å². The molecule has 2 heteroatoms. The van der Waals surface area contributed by atoms with E-state index in [0.29, 0.717) is 6.42 Å². The molecule has 0 saturated carbocycles. The molecule has 0 aliphatic rings. The maximum atomic E-state index is 11.3. The Bertz CT molecular complexity index is 166. The van der Waals surface area contributed by atoms with E-state index in [-0.39, 0.29) is 12.1 Å². The first kappa shape index (κ1) is 15.5. The van der Waals surface area contributed by atoms with Crippen molar-refractivity contribution < 1.29 is 9.53 Å². The summed E-state index contributed by atoms with van der Waals surface area (Å²) >= 11 is 0. The predicted molar refractivity (Wildman–Crippen MR) is 68.5 cm³/mol. The number of carbonyl (C=O) groups excluding carboxylic acids is 1. The van der Waals surface area contributed by atoms with E-state index in [9.17, 15) is 4.79 Å². The Balaban J connectivity index is 3.21. The zero-order valence-corrected chi connectivity index (χ0v) is 11.3. The third-order valence-electron chi connectivity index (χ3n) is 2.89. The largest absolute Gasteiger partial charge is 0.463 e. The summed E-state index contributed by atoms with van der Waals surface area (Å²) in [5.74, 6) is -0.0251. The van der Waals surface area contributed by atoms with E-state index in [2.05, 4.69) is 6.92 Å². The van der Waals surface area contributed by atoms with Gasteiger partial charge >= 0.3 is 5.97 Å². The molecular formula is C14H28O2. The van der Waals surface area contributed by atoms with Crippen LogP contribution in [0.5, 0.6) is 0 Å². The fourth-order valence-corrected chi connectivity index (χ4v) is 1.59. The van der Waals surface area contributed by atoms with Crippen molar-refractivity contribution in [2.45, 2.75) is 84.7 Å². The van der Waals surface area contributed by atoms with Crippen LogP contribution in [0.3, 0.4) is 0 Å². The first-order valence-corrected chi connectivity index (χ1v) is 6.90. The van der Waals surface area contributed by atoms with Crippen LogP contribution in [0.1, 0.15) is 78.6 Å². The lowest BCUT2D eigenvalue weighted by atomic mass is 10.1. The molecule has 1 atom stereocenters. The molecular weight excluding hydrogens is 200 g/mol. The molecule has 2 nitrogen and oxygen atoms in total. The van der Waals surface area contributed by atoms with Gasteiger partial charge in [-0.2, -0.15) is 0 Å². The highest BCUT2D eigenvalue weighted by molar-refractivity contribution is 5.69. The van der Waals surface area contributed by atoms with Gasteiger partial charge in [-0.3, -0.25) is 4.79 Å². The van der Waals surface area contributed by atoms with Gasteiger partial charge in [0.1, 0.15) is 0 Å². The number of hydrogen-bond donors (Lipinski definition) is 0. The zero-order chi connectivity index (χ0) is 12.2. The molecule has 16 heavy (non-hydrogen) atoms. The molecule has 0 heterocycles. The van der Waals surface area contributed by atoms with Crippen LogP contribution in [0.15, 0.2) is 0 Å². The van der Waals surface area contributed by atoms with Crippen LogP contribution in [0.4, 0.5) is 0 Å². The molecule has 0 aliphatic carbocycles. The van der Waals surface area contributed by atoms with Crippen LogP contribution in [0.2, 0.25) is 0 Å². The van der Waals surface area contributed by atoms with Crippen molar-refractivity contribution in [3.8, 4) is 0 Å². The van der Waals surface area contributed by atoms with Gasteiger partial charge < -0.3 is 4.74 Å². The van der Waals surface area contributed by atoms with Crippen molar-refractivity contribution in [2.24, 2.45) is 0 Å². The van der Waals surface area contributed by atoms with Crippen LogP contribution >= 0.6 is 0 Å². The molecule has 1 unspecified atom stereocenters. The van der Waals surface area contributed by atoms with E-state index < -0.39 is 0 Å². The summed E-state index contributed by atoms with van der Waals surface area (Å²) in [7, 11) is 0. The Morgan fingerprint density at radius 1 is 1.00 bits per heavy atom. The summed E-state index contributed by atoms with van der Waals surface area (Å²) in [6, 6.07) is 0. The topological polar surface area (TPSA) is 26.3 Å². The summed E-state index contributed by atoms with van der Waals surface area (Å²) in [5.41, 5.74) is 0. The van der Waals surface area contributed by atoms with Gasteiger partial charge in [-0.15, -0.1) is 0 Å². The smallest absolute Gasteiger partial charge is 0.306 e. The SMILES string of the molecule is CCCCCCCCCC(=O)OC(C)CC. The molecule has 0 bridgehead atoms. The molecule has 0 spiro atoms. The predicted octanol–water partition coefficient (Wildman–Crippen LogP) is 4.47. The van der Waals surface area contributed by atoms with Crippen LogP contribution in [-0.2, 0) is 9.53 Å². The maximum Gasteiger partial charge on any atom is 0.306 e. The highest BCUT2D eigenvalue weighted by atomic mass is 16.5. The number of rotatable bonds is 10. The van der Waals surface area contributed by atoms with Crippen molar-refractivity contribution in [3.05, 3.63) is 0 Å². The van der Waals surface area contributed by atoms with Gasteiger partial charge in [0.25, 0.3) is 0 Å². The van der Waals surface area contributed by atoms with Gasteiger partial charge in [0.05, 0.1) is 6.10 Å². The average molecular weight is 228 g/mol. The summed E-state index contributed by atoms with van der Waals surface area (Å²) < 4.78 is 5.21. The monoisotopic (exact) mass is 228 g/mol. The number of esters is 1. The van der Waals surface area contributed by atoms with Crippen molar-refractivity contribution in [1.82, 2.24) is 0 Å². The molecule has 0 saturated heterocycles. The Morgan fingerprint density at radius 2 is 1.56 bits per heavy atom. The van der Waals surface area contributed by atoms with Crippen LogP contribution in [0.25, 0.3) is 0 Å². The summed E-state index contributed by atoms with van der Waals surface area (Å²) in [5, 5.41) is 0. The van der Waals surface area contributed by atoms with Crippen LogP contribution < -0.4 is 0 Å².